The van der Waals surface area contributed by atoms with E-state index in [0.29, 0.717) is 0 Å². The number of rotatable bonds is 6. The summed E-state index contributed by atoms with van der Waals surface area (Å²) < 4.78 is 12.5. The van der Waals surface area contributed by atoms with Crippen molar-refractivity contribution in [3.8, 4) is 0 Å². The second kappa shape index (κ2) is 7.61. The van der Waals surface area contributed by atoms with Crippen LogP contribution in [0, 0.1) is 5.41 Å². The molecule has 0 saturated carbocycles. The molecular formula is C20H32O2. The molecule has 1 aliphatic rings. The fraction of sp³-hybridized carbons (Fsp3) is 0.700. The predicted molar refractivity (Wildman–Crippen MR) is 92.0 cm³/mol. The van der Waals surface area contributed by atoms with Crippen LogP contribution in [0.5, 0.6) is 0 Å². The van der Waals surface area contributed by atoms with E-state index in [0.717, 1.165) is 6.42 Å². The monoisotopic (exact) mass is 304 g/mol. The van der Waals surface area contributed by atoms with Crippen molar-refractivity contribution in [2.75, 3.05) is 0 Å². The van der Waals surface area contributed by atoms with E-state index in [9.17, 15) is 0 Å². The molecule has 22 heavy (non-hydrogen) atoms. The fourth-order valence-corrected chi connectivity index (χ4v) is 3.28. The lowest BCUT2D eigenvalue weighted by Crippen LogP contribution is -2.46. The van der Waals surface area contributed by atoms with E-state index in [-0.39, 0.29) is 29.8 Å². The molecule has 1 fully saturated rings. The highest BCUT2D eigenvalue weighted by Gasteiger charge is 2.39. The lowest BCUT2D eigenvalue weighted by molar-refractivity contribution is -0.267. The van der Waals surface area contributed by atoms with Crippen LogP contribution in [0.2, 0.25) is 0 Å². The highest BCUT2D eigenvalue weighted by atomic mass is 16.7. The van der Waals surface area contributed by atoms with E-state index in [1.54, 1.807) is 0 Å². The molecule has 2 rings (SSSR count). The van der Waals surface area contributed by atoms with Crippen molar-refractivity contribution in [3.05, 3.63) is 35.9 Å². The Labute approximate surface area is 136 Å². The third-order valence-electron chi connectivity index (χ3n) is 4.99. The van der Waals surface area contributed by atoms with Crippen LogP contribution in [0.4, 0.5) is 0 Å². The molecule has 0 bridgehead atoms. The van der Waals surface area contributed by atoms with E-state index in [1.165, 1.54) is 24.8 Å². The first-order valence-electron chi connectivity index (χ1n) is 8.80. The van der Waals surface area contributed by atoms with Crippen LogP contribution in [0.3, 0.4) is 0 Å². The van der Waals surface area contributed by atoms with Gasteiger partial charge in [0.1, 0.15) is 0 Å². The maximum absolute atomic E-state index is 6.41. The van der Waals surface area contributed by atoms with Gasteiger partial charge in [0.2, 0.25) is 0 Å². The zero-order valence-corrected chi connectivity index (χ0v) is 14.8. The summed E-state index contributed by atoms with van der Waals surface area (Å²) in [6.07, 6.45) is 5.11. The van der Waals surface area contributed by atoms with Crippen molar-refractivity contribution < 1.29 is 9.47 Å². The summed E-state index contributed by atoms with van der Waals surface area (Å²) in [5.74, 6) is 0.258. The fourth-order valence-electron chi connectivity index (χ4n) is 3.28. The first-order valence-corrected chi connectivity index (χ1v) is 8.80. The van der Waals surface area contributed by atoms with Gasteiger partial charge < -0.3 is 9.47 Å². The SMILES string of the molecule is CCCCC(C)(C)C1CC(C)OC(C(C)c2ccccc2)O1. The van der Waals surface area contributed by atoms with Crippen LogP contribution in [0.1, 0.15) is 71.8 Å². The molecule has 1 aromatic rings. The van der Waals surface area contributed by atoms with Gasteiger partial charge in [0, 0.05) is 12.3 Å². The summed E-state index contributed by atoms with van der Waals surface area (Å²) in [5, 5.41) is 0. The predicted octanol–water partition coefficient (Wildman–Crippen LogP) is 5.53. The maximum Gasteiger partial charge on any atom is 0.164 e. The molecular weight excluding hydrogens is 272 g/mol. The number of hydrogen-bond donors (Lipinski definition) is 0. The maximum atomic E-state index is 6.41. The zero-order valence-electron chi connectivity index (χ0n) is 14.8. The molecule has 2 heteroatoms. The normalized spacial score (nSPS) is 27.6. The standard InChI is InChI=1S/C20H32O2/c1-6-7-13-20(4,5)18-14-15(2)21-19(22-18)16(3)17-11-9-8-10-12-17/h8-12,15-16,18-19H,6-7,13-14H2,1-5H3. The lowest BCUT2D eigenvalue weighted by atomic mass is 9.78. The lowest BCUT2D eigenvalue weighted by Gasteiger charge is -2.44. The van der Waals surface area contributed by atoms with Crippen molar-refractivity contribution >= 4 is 0 Å². The van der Waals surface area contributed by atoms with Gasteiger partial charge in [0.15, 0.2) is 6.29 Å². The molecule has 0 amide bonds. The van der Waals surface area contributed by atoms with Gasteiger partial charge in [-0.3, -0.25) is 0 Å². The van der Waals surface area contributed by atoms with Gasteiger partial charge in [0.25, 0.3) is 0 Å². The molecule has 4 atom stereocenters. The quantitative estimate of drug-likeness (QED) is 0.688. The summed E-state index contributed by atoms with van der Waals surface area (Å²) in [4.78, 5) is 0. The zero-order chi connectivity index (χ0) is 16.2. The molecule has 2 nitrogen and oxygen atoms in total. The summed E-state index contributed by atoms with van der Waals surface area (Å²) in [5.41, 5.74) is 1.50. The highest BCUT2D eigenvalue weighted by Crippen LogP contribution is 2.39. The molecule has 1 saturated heterocycles. The Hall–Kier alpha value is -0.860. The van der Waals surface area contributed by atoms with Gasteiger partial charge in [-0.25, -0.2) is 0 Å². The molecule has 0 spiro atoms. The summed E-state index contributed by atoms with van der Waals surface area (Å²) in [6, 6.07) is 10.5. The third kappa shape index (κ3) is 4.33. The highest BCUT2D eigenvalue weighted by molar-refractivity contribution is 5.19. The Kier molecular flexibility index (Phi) is 6.05. The molecule has 1 aromatic carbocycles. The van der Waals surface area contributed by atoms with Crippen LogP contribution in [-0.2, 0) is 9.47 Å². The minimum absolute atomic E-state index is 0.142. The van der Waals surface area contributed by atoms with Gasteiger partial charge in [-0.2, -0.15) is 0 Å². The third-order valence-corrected chi connectivity index (χ3v) is 4.99. The van der Waals surface area contributed by atoms with Gasteiger partial charge in [-0.15, -0.1) is 0 Å². The van der Waals surface area contributed by atoms with E-state index in [2.05, 4.69) is 65.0 Å². The van der Waals surface area contributed by atoms with Gasteiger partial charge >= 0.3 is 0 Å². The van der Waals surface area contributed by atoms with E-state index >= 15 is 0 Å². The van der Waals surface area contributed by atoms with Crippen LogP contribution in [0.15, 0.2) is 30.3 Å². The van der Waals surface area contributed by atoms with Crippen molar-refractivity contribution in [3.63, 3.8) is 0 Å². The van der Waals surface area contributed by atoms with Gasteiger partial charge in [0.05, 0.1) is 12.2 Å². The van der Waals surface area contributed by atoms with E-state index in [4.69, 9.17) is 9.47 Å². The molecule has 1 aliphatic heterocycles. The molecule has 1 heterocycles. The summed E-state index contributed by atoms with van der Waals surface area (Å²) in [7, 11) is 0. The Morgan fingerprint density at radius 2 is 1.86 bits per heavy atom. The first-order chi connectivity index (χ1) is 10.4. The minimum atomic E-state index is -0.142. The van der Waals surface area contributed by atoms with Crippen LogP contribution in [-0.4, -0.2) is 18.5 Å². The number of ether oxygens (including phenoxy) is 2. The average molecular weight is 304 g/mol. The van der Waals surface area contributed by atoms with E-state index in [1.807, 2.05) is 0 Å². The van der Waals surface area contributed by atoms with Crippen molar-refractivity contribution in [2.24, 2.45) is 5.41 Å². The van der Waals surface area contributed by atoms with Crippen LogP contribution in [0.25, 0.3) is 0 Å². The average Bonchev–Trinajstić information content (AvgIpc) is 2.52. The smallest absolute Gasteiger partial charge is 0.164 e. The molecule has 0 radical (unpaired) electrons. The molecule has 124 valence electrons. The summed E-state index contributed by atoms with van der Waals surface area (Å²) in [6.45, 7) is 11.3. The second-order valence-electron chi connectivity index (χ2n) is 7.47. The first kappa shape index (κ1) is 17.5. The number of unbranched alkanes of at least 4 members (excludes halogenated alkanes) is 1. The molecule has 0 aromatic heterocycles. The van der Waals surface area contributed by atoms with Crippen LogP contribution >= 0.6 is 0 Å². The van der Waals surface area contributed by atoms with Gasteiger partial charge in [-0.1, -0.05) is 70.9 Å². The van der Waals surface area contributed by atoms with Crippen LogP contribution < -0.4 is 0 Å². The molecule has 4 unspecified atom stereocenters. The Balaban J connectivity index is 2.07. The topological polar surface area (TPSA) is 18.5 Å². The Morgan fingerprint density at radius 1 is 1.18 bits per heavy atom. The Morgan fingerprint density at radius 3 is 2.50 bits per heavy atom. The van der Waals surface area contributed by atoms with Crippen molar-refractivity contribution in [1.29, 1.82) is 0 Å². The van der Waals surface area contributed by atoms with Crippen molar-refractivity contribution in [1.82, 2.24) is 0 Å². The molecule has 0 N–H and O–H groups in total. The summed E-state index contributed by atoms with van der Waals surface area (Å²) >= 11 is 0. The largest absolute Gasteiger partial charge is 0.349 e. The van der Waals surface area contributed by atoms with Gasteiger partial charge in [-0.05, 0) is 24.3 Å². The minimum Gasteiger partial charge on any atom is -0.349 e. The number of hydrogen-bond acceptors (Lipinski definition) is 2. The number of benzene rings is 1. The Bertz CT molecular complexity index is 440. The van der Waals surface area contributed by atoms with E-state index < -0.39 is 0 Å². The molecule has 0 aliphatic carbocycles. The second-order valence-corrected chi connectivity index (χ2v) is 7.47. The van der Waals surface area contributed by atoms with Crippen molar-refractivity contribution in [2.45, 2.75) is 84.7 Å².